The predicted octanol–water partition coefficient (Wildman–Crippen LogP) is 10.1. The topological polar surface area (TPSA) is 112 Å². The molecule has 0 aliphatic heterocycles. The maximum absolute atomic E-state index is 11.8. The van der Waals surface area contributed by atoms with Gasteiger partial charge in [0.05, 0.1) is 41.9 Å². The molecular weight excluding hydrogens is 700 g/mol. The summed E-state index contributed by atoms with van der Waals surface area (Å²) < 4.78 is 0. The molecule has 0 spiro atoms. The third-order valence-electron chi connectivity index (χ3n) is 9.10. The van der Waals surface area contributed by atoms with E-state index < -0.39 is 0 Å². The Bertz CT molecular complexity index is 2060. The highest BCUT2D eigenvalue weighted by Crippen LogP contribution is 2.64. The maximum Gasteiger partial charge on any atom is 0.270 e. The van der Waals surface area contributed by atoms with Gasteiger partial charge in [-0.05, 0) is 51.9 Å². The van der Waals surface area contributed by atoms with Gasteiger partial charge in [-0.1, -0.05) is 92.5 Å². The van der Waals surface area contributed by atoms with Crippen LogP contribution in [0.15, 0.2) is 97.1 Å². The zero-order valence-corrected chi connectivity index (χ0v) is 26.6. The molecule has 6 aromatic rings. The van der Waals surface area contributed by atoms with Gasteiger partial charge in [-0.25, -0.2) is 0 Å². The van der Waals surface area contributed by atoms with Crippen LogP contribution in [0, 0.1) is 20.2 Å². The second-order valence-electron chi connectivity index (χ2n) is 11.5. The van der Waals surface area contributed by atoms with Crippen molar-refractivity contribution in [1.82, 2.24) is 9.97 Å². The molecule has 0 radical (unpaired) electrons. The number of pyridine rings is 2. The molecule has 2 aromatic heterocycles. The summed E-state index contributed by atoms with van der Waals surface area (Å²) in [5.41, 5.74) is 9.11. The Hall–Kier alpha value is -4.54. The van der Waals surface area contributed by atoms with E-state index >= 15 is 0 Å². The van der Waals surface area contributed by atoms with Gasteiger partial charge in [-0.3, -0.25) is 30.2 Å². The van der Waals surface area contributed by atoms with Crippen molar-refractivity contribution in [3.8, 4) is 22.3 Å². The highest BCUT2D eigenvalue weighted by Gasteiger charge is 2.48. The Labute approximate surface area is 273 Å². The summed E-state index contributed by atoms with van der Waals surface area (Å²) in [7, 11) is 0. The molecule has 2 heterocycles. The summed E-state index contributed by atoms with van der Waals surface area (Å²) in [6, 6.07) is 29.7. The highest BCUT2D eigenvalue weighted by atomic mass is 79.9. The molecule has 0 saturated carbocycles. The summed E-state index contributed by atoms with van der Waals surface area (Å²) >= 11 is 8.16. The molecule has 220 valence electrons. The largest absolute Gasteiger partial charge is 0.270 e. The van der Waals surface area contributed by atoms with E-state index in [1.807, 2.05) is 60.7 Å². The third kappa shape index (κ3) is 4.30. The number of nitro benzene ring substituents is 2. The van der Waals surface area contributed by atoms with E-state index in [4.69, 9.17) is 9.97 Å². The summed E-state index contributed by atoms with van der Waals surface area (Å²) in [6.07, 6.45) is 0.760. The van der Waals surface area contributed by atoms with Crippen molar-refractivity contribution >= 4 is 65.0 Å². The van der Waals surface area contributed by atoms with Crippen molar-refractivity contribution in [3.63, 3.8) is 0 Å². The summed E-state index contributed by atoms with van der Waals surface area (Å²) in [5.74, 6) is -0.0754. The number of benzene rings is 4. The molecule has 45 heavy (non-hydrogen) atoms. The van der Waals surface area contributed by atoms with Gasteiger partial charge in [-0.15, -0.1) is 0 Å². The number of aromatic nitrogens is 2. The summed E-state index contributed by atoms with van der Waals surface area (Å²) in [5, 5.41) is 25.1. The molecule has 2 bridgehead atoms. The van der Waals surface area contributed by atoms with Gasteiger partial charge in [0, 0.05) is 46.9 Å². The predicted molar refractivity (Wildman–Crippen MR) is 181 cm³/mol. The third-order valence-corrected chi connectivity index (χ3v) is 11.2. The van der Waals surface area contributed by atoms with E-state index in [-0.39, 0.29) is 42.7 Å². The van der Waals surface area contributed by atoms with Crippen LogP contribution in [0.4, 0.5) is 11.4 Å². The monoisotopic (exact) mass is 720 g/mol. The minimum Gasteiger partial charge on any atom is -0.258 e. The number of non-ortho nitro benzene ring substituents is 2. The normalized spacial score (nSPS) is 20.0. The zero-order valence-electron chi connectivity index (χ0n) is 23.4. The van der Waals surface area contributed by atoms with Crippen molar-refractivity contribution in [3.05, 3.63) is 140 Å². The lowest BCUT2D eigenvalue weighted by Crippen LogP contribution is -2.30. The van der Waals surface area contributed by atoms with Crippen molar-refractivity contribution < 1.29 is 9.85 Å². The lowest BCUT2D eigenvalue weighted by molar-refractivity contribution is -0.384. The van der Waals surface area contributed by atoms with E-state index in [2.05, 4.69) is 31.9 Å². The van der Waals surface area contributed by atoms with E-state index in [1.165, 1.54) is 12.1 Å². The molecule has 10 heteroatoms. The number of nitrogens with zero attached hydrogens (tertiary/aromatic N) is 4. The fourth-order valence-electron chi connectivity index (χ4n) is 7.22. The highest BCUT2D eigenvalue weighted by molar-refractivity contribution is 9.09. The molecule has 2 aliphatic rings. The average molecular weight is 722 g/mol. The summed E-state index contributed by atoms with van der Waals surface area (Å²) in [4.78, 5) is 32.9. The minimum absolute atomic E-state index is 0.0182. The second kappa shape index (κ2) is 10.5. The van der Waals surface area contributed by atoms with Crippen LogP contribution < -0.4 is 0 Å². The van der Waals surface area contributed by atoms with E-state index in [0.29, 0.717) is 11.0 Å². The Morgan fingerprint density at radius 3 is 1.38 bits per heavy atom. The molecule has 4 atom stereocenters. The molecule has 0 N–H and O–H groups in total. The minimum atomic E-state index is -0.369. The van der Waals surface area contributed by atoms with Crippen LogP contribution in [0.5, 0.6) is 0 Å². The molecule has 2 aliphatic carbocycles. The lowest BCUT2D eigenvalue weighted by Gasteiger charge is -2.44. The number of alkyl halides is 2. The van der Waals surface area contributed by atoms with Gasteiger partial charge >= 0.3 is 0 Å². The van der Waals surface area contributed by atoms with E-state index in [1.54, 1.807) is 24.3 Å². The molecule has 0 unspecified atom stereocenters. The number of rotatable bonds is 4. The van der Waals surface area contributed by atoms with Crippen molar-refractivity contribution in [2.75, 3.05) is 0 Å². The molecule has 0 amide bonds. The fourth-order valence-corrected chi connectivity index (χ4v) is 8.88. The quantitative estimate of drug-likeness (QED) is 0.102. The number of nitro groups is 2. The lowest BCUT2D eigenvalue weighted by atomic mass is 9.65. The van der Waals surface area contributed by atoms with Crippen LogP contribution >= 0.6 is 31.9 Å². The van der Waals surface area contributed by atoms with Crippen LogP contribution in [0.1, 0.15) is 50.4 Å². The second-order valence-corrected chi connectivity index (χ2v) is 13.4. The standard InChI is InChI=1S/C35H22Br2N4O4/c36-32-24-17-25(31-29(19-9-5-2-6-10-19)23-16-21(41(44)45)12-14-27(23)39-35(31)32)33(37)34-30(24)28(18-7-3-1-4-8-18)22-15-20(40(42)43)11-13-26(22)38-34/h1-16,24-25,32-33H,17H2/t24-,25-,32-,33-/m1/s1. The Kier molecular flexibility index (Phi) is 6.54. The molecule has 4 aromatic carbocycles. The Morgan fingerprint density at radius 1 is 0.600 bits per heavy atom. The first-order chi connectivity index (χ1) is 21.8. The van der Waals surface area contributed by atoms with Gasteiger partial charge in [0.1, 0.15) is 0 Å². The first kappa shape index (κ1) is 28.0. The van der Waals surface area contributed by atoms with Crippen LogP contribution in [0.25, 0.3) is 44.1 Å². The molecular formula is C35H22Br2N4O4. The van der Waals surface area contributed by atoms with Crippen molar-refractivity contribution in [2.24, 2.45) is 0 Å². The summed E-state index contributed by atoms with van der Waals surface area (Å²) in [6.45, 7) is 0. The number of hydrogen-bond acceptors (Lipinski definition) is 6. The van der Waals surface area contributed by atoms with Gasteiger partial charge < -0.3 is 0 Å². The van der Waals surface area contributed by atoms with Crippen LogP contribution in [-0.4, -0.2) is 19.8 Å². The van der Waals surface area contributed by atoms with Gasteiger partial charge in [0.25, 0.3) is 11.4 Å². The SMILES string of the molecule is O=[N+]([O-])c1ccc2nc3c(c(-c4ccccc4)c2c1)[C@H]1C[C@H](c2c(nc4ccc([N+](=O)[O-])cc4c2-c2ccccc2)[C@@H]1Br)[C@H]3Br. The molecule has 8 rings (SSSR count). The smallest absolute Gasteiger partial charge is 0.258 e. The van der Waals surface area contributed by atoms with Gasteiger partial charge in [-0.2, -0.15) is 0 Å². The van der Waals surface area contributed by atoms with Gasteiger partial charge in [0.2, 0.25) is 0 Å². The number of halogens is 2. The Morgan fingerprint density at radius 2 is 1.00 bits per heavy atom. The van der Waals surface area contributed by atoms with E-state index in [9.17, 15) is 20.2 Å². The maximum atomic E-state index is 11.8. The Balaban J connectivity index is 1.45. The van der Waals surface area contributed by atoms with Crippen LogP contribution in [0.3, 0.4) is 0 Å². The van der Waals surface area contributed by atoms with E-state index in [0.717, 1.165) is 62.0 Å². The van der Waals surface area contributed by atoms with Crippen LogP contribution in [-0.2, 0) is 0 Å². The first-order valence-electron chi connectivity index (χ1n) is 14.4. The van der Waals surface area contributed by atoms with Crippen LogP contribution in [0.2, 0.25) is 0 Å². The first-order valence-corrected chi connectivity index (χ1v) is 16.3. The molecule has 0 fully saturated rings. The van der Waals surface area contributed by atoms with Crippen molar-refractivity contribution in [1.29, 1.82) is 0 Å². The fraction of sp³-hybridized carbons (Fsp3) is 0.143. The number of hydrogen-bond donors (Lipinski definition) is 0. The average Bonchev–Trinajstić information content (AvgIpc) is 3.06. The molecule has 0 saturated heterocycles. The number of fused-ring (bicyclic) bond motifs is 8. The molecule has 8 nitrogen and oxygen atoms in total. The zero-order chi connectivity index (χ0) is 31.0. The van der Waals surface area contributed by atoms with Gasteiger partial charge in [0.15, 0.2) is 0 Å². The van der Waals surface area contributed by atoms with Crippen molar-refractivity contribution in [2.45, 2.75) is 27.9 Å².